The highest BCUT2D eigenvalue weighted by Gasteiger charge is 2.25. The maximum Gasteiger partial charge on any atom is 0.0980 e. The second-order valence-corrected chi connectivity index (χ2v) is 7.07. The largest absolute Gasteiger partial charge is 0.281 e. The minimum Gasteiger partial charge on any atom is -0.281 e. The van der Waals surface area contributed by atoms with Gasteiger partial charge in [-0.05, 0) is 41.1 Å². The molecular weight excluding hydrogens is 310 g/mol. The quantitative estimate of drug-likeness (QED) is 0.605. The van der Waals surface area contributed by atoms with E-state index < -0.39 is 0 Å². The summed E-state index contributed by atoms with van der Waals surface area (Å²) in [6.07, 6.45) is 1.10. The molecule has 2 heterocycles. The molecule has 118 valence electrons. The van der Waals surface area contributed by atoms with E-state index in [0.29, 0.717) is 0 Å². The smallest absolute Gasteiger partial charge is 0.0980 e. The summed E-state index contributed by atoms with van der Waals surface area (Å²) in [6.45, 7) is 2.03. The van der Waals surface area contributed by atoms with Crippen molar-refractivity contribution in [2.24, 2.45) is 0 Å². The monoisotopic (exact) mass is 329 g/mol. The molecule has 4 rings (SSSR count). The van der Waals surface area contributed by atoms with Crippen molar-refractivity contribution < 1.29 is 0 Å². The van der Waals surface area contributed by atoms with Gasteiger partial charge in [-0.1, -0.05) is 60.4 Å². The Morgan fingerprint density at radius 1 is 0.958 bits per heavy atom. The second-order valence-electron chi connectivity index (χ2n) is 6.04. The van der Waals surface area contributed by atoms with Crippen LogP contribution in [0.5, 0.6) is 0 Å². The average Bonchev–Trinajstić information content (AvgIpc) is 3.15. The average molecular weight is 329 g/mol. The summed E-state index contributed by atoms with van der Waals surface area (Å²) < 4.78 is 0. The van der Waals surface area contributed by atoms with E-state index in [1.165, 1.54) is 16.0 Å². The van der Waals surface area contributed by atoms with Crippen LogP contribution in [0.3, 0.4) is 0 Å². The molecule has 0 amide bonds. The molecule has 0 bridgehead atoms. The van der Waals surface area contributed by atoms with Gasteiger partial charge in [0.1, 0.15) is 0 Å². The van der Waals surface area contributed by atoms with Crippen LogP contribution in [0, 0.1) is 11.8 Å². The topological polar surface area (TPSA) is 3.24 Å². The fourth-order valence-corrected chi connectivity index (χ4v) is 3.96. The van der Waals surface area contributed by atoms with E-state index in [2.05, 4.69) is 70.7 Å². The first kappa shape index (κ1) is 15.2. The predicted octanol–water partition coefficient (Wildman–Crippen LogP) is 4.90. The number of rotatable bonds is 2. The van der Waals surface area contributed by atoms with Crippen molar-refractivity contribution in [1.29, 1.82) is 0 Å². The Kier molecular flexibility index (Phi) is 4.46. The molecule has 0 saturated carbocycles. The minimum absolute atomic E-state index is 0.164. The normalized spacial score (nSPS) is 16.9. The Labute approximate surface area is 147 Å². The van der Waals surface area contributed by atoms with Crippen LogP contribution in [0.4, 0.5) is 0 Å². The fourth-order valence-electron chi connectivity index (χ4n) is 3.23. The zero-order valence-corrected chi connectivity index (χ0v) is 14.3. The van der Waals surface area contributed by atoms with Crippen molar-refractivity contribution in [2.45, 2.75) is 19.0 Å². The highest BCUT2D eigenvalue weighted by atomic mass is 32.1. The van der Waals surface area contributed by atoms with Crippen LogP contribution >= 0.6 is 11.3 Å². The Balaban J connectivity index is 1.68. The van der Waals surface area contributed by atoms with Crippen molar-refractivity contribution in [3.05, 3.63) is 93.7 Å². The Hall–Kier alpha value is -2.34. The number of benzene rings is 2. The van der Waals surface area contributed by atoms with Gasteiger partial charge in [-0.25, -0.2) is 0 Å². The lowest BCUT2D eigenvalue weighted by Gasteiger charge is -2.34. The van der Waals surface area contributed by atoms with Gasteiger partial charge in [0, 0.05) is 23.5 Å². The second kappa shape index (κ2) is 7.05. The van der Waals surface area contributed by atoms with E-state index in [1.807, 2.05) is 29.5 Å². The molecule has 0 unspecified atom stereocenters. The maximum absolute atomic E-state index is 3.54. The van der Waals surface area contributed by atoms with Gasteiger partial charge in [0.2, 0.25) is 0 Å². The first-order valence-electron chi connectivity index (χ1n) is 8.31. The van der Waals surface area contributed by atoms with Crippen LogP contribution in [0.1, 0.15) is 27.6 Å². The van der Waals surface area contributed by atoms with Crippen molar-refractivity contribution in [1.82, 2.24) is 4.90 Å². The highest BCUT2D eigenvalue weighted by Crippen LogP contribution is 2.31. The van der Waals surface area contributed by atoms with Gasteiger partial charge in [0.15, 0.2) is 0 Å². The van der Waals surface area contributed by atoms with Gasteiger partial charge >= 0.3 is 0 Å². The molecule has 0 fully saturated rings. The third-order valence-electron chi connectivity index (χ3n) is 4.45. The standard InChI is InChI=1S/C22H19NS/c1-2-7-18(8-3-1)12-13-22-21-11-5-4-9-19(21)14-15-23(22)17-20-10-6-16-24-20/h1-11,16,22H,14-15,17H2/t22-/m0/s1. The fraction of sp³-hybridized carbons (Fsp3) is 0.182. The highest BCUT2D eigenvalue weighted by molar-refractivity contribution is 7.09. The molecule has 1 nitrogen and oxygen atoms in total. The first-order valence-corrected chi connectivity index (χ1v) is 9.19. The Morgan fingerprint density at radius 3 is 2.62 bits per heavy atom. The molecule has 0 saturated heterocycles. The number of hydrogen-bond acceptors (Lipinski definition) is 2. The van der Waals surface area contributed by atoms with E-state index in [-0.39, 0.29) is 6.04 Å². The summed E-state index contributed by atoms with van der Waals surface area (Å²) in [5.74, 6) is 6.91. The van der Waals surface area contributed by atoms with Crippen LogP contribution in [-0.2, 0) is 13.0 Å². The summed E-state index contributed by atoms with van der Waals surface area (Å²) in [6, 6.07) is 23.5. The number of thiophene rings is 1. The molecule has 0 radical (unpaired) electrons. The number of nitrogens with zero attached hydrogens (tertiary/aromatic N) is 1. The van der Waals surface area contributed by atoms with E-state index in [4.69, 9.17) is 0 Å². The van der Waals surface area contributed by atoms with Crippen molar-refractivity contribution in [3.8, 4) is 11.8 Å². The molecule has 1 aromatic heterocycles. The molecule has 1 atom stereocenters. The molecule has 2 heteroatoms. The van der Waals surface area contributed by atoms with Crippen molar-refractivity contribution >= 4 is 11.3 Å². The van der Waals surface area contributed by atoms with Crippen LogP contribution in [-0.4, -0.2) is 11.4 Å². The van der Waals surface area contributed by atoms with Gasteiger partial charge in [0.05, 0.1) is 6.04 Å². The molecule has 1 aliphatic heterocycles. The molecule has 24 heavy (non-hydrogen) atoms. The van der Waals surface area contributed by atoms with E-state index in [9.17, 15) is 0 Å². The lowest BCUT2D eigenvalue weighted by molar-refractivity contribution is 0.219. The first-order chi connectivity index (χ1) is 11.9. The lowest BCUT2D eigenvalue weighted by atomic mass is 9.92. The SMILES string of the molecule is C(#C[C@H]1c2ccccc2CCN1Cc1cccs1)c1ccccc1. The van der Waals surface area contributed by atoms with E-state index in [0.717, 1.165) is 25.1 Å². The maximum atomic E-state index is 3.54. The molecule has 0 spiro atoms. The molecule has 1 aliphatic rings. The zero-order chi connectivity index (χ0) is 16.2. The third-order valence-corrected chi connectivity index (χ3v) is 5.31. The molecule has 2 aromatic carbocycles. The van der Waals surface area contributed by atoms with Crippen LogP contribution in [0.2, 0.25) is 0 Å². The molecule has 3 aromatic rings. The molecule has 0 aliphatic carbocycles. The summed E-state index contributed by atoms with van der Waals surface area (Å²) in [5.41, 5.74) is 3.88. The van der Waals surface area contributed by atoms with E-state index in [1.54, 1.807) is 0 Å². The van der Waals surface area contributed by atoms with Crippen molar-refractivity contribution in [3.63, 3.8) is 0 Å². The van der Waals surface area contributed by atoms with Gasteiger partial charge in [-0.2, -0.15) is 0 Å². The number of fused-ring (bicyclic) bond motifs is 1. The van der Waals surface area contributed by atoms with Crippen LogP contribution < -0.4 is 0 Å². The van der Waals surface area contributed by atoms with Gasteiger partial charge in [-0.15, -0.1) is 11.3 Å². The van der Waals surface area contributed by atoms with Gasteiger partial charge in [0.25, 0.3) is 0 Å². The molecular formula is C22H19NS. The summed E-state index contributed by atoms with van der Waals surface area (Å²) in [5, 5.41) is 2.15. The van der Waals surface area contributed by atoms with E-state index >= 15 is 0 Å². The Morgan fingerprint density at radius 2 is 1.79 bits per heavy atom. The zero-order valence-electron chi connectivity index (χ0n) is 13.5. The summed E-state index contributed by atoms with van der Waals surface area (Å²) in [7, 11) is 0. The van der Waals surface area contributed by atoms with Crippen LogP contribution in [0.15, 0.2) is 72.1 Å². The van der Waals surface area contributed by atoms with Gasteiger partial charge < -0.3 is 0 Å². The minimum atomic E-state index is 0.164. The van der Waals surface area contributed by atoms with Crippen LogP contribution in [0.25, 0.3) is 0 Å². The number of hydrogen-bond donors (Lipinski definition) is 0. The Bertz CT molecular complexity index is 856. The lowest BCUT2D eigenvalue weighted by Crippen LogP contribution is -2.34. The predicted molar refractivity (Wildman–Crippen MR) is 101 cm³/mol. The molecule has 0 N–H and O–H groups in total. The van der Waals surface area contributed by atoms with Gasteiger partial charge in [-0.3, -0.25) is 4.90 Å². The summed E-state index contributed by atoms with van der Waals surface area (Å²) in [4.78, 5) is 3.91. The summed E-state index contributed by atoms with van der Waals surface area (Å²) >= 11 is 1.82. The van der Waals surface area contributed by atoms with Crippen molar-refractivity contribution in [2.75, 3.05) is 6.54 Å². The third kappa shape index (κ3) is 3.28.